The van der Waals surface area contributed by atoms with E-state index in [4.69, 9.17) is 141 Å². The first-order valence-electron chi connectivity index (χ1n) is 45.1. The van der Waals surface area contributed by atoms with Crippen LogP contribution in [0.2, 0.25) is 20.6 Å². The van der Waals surface area contributed by atoms with Gasteiger partial charge in [0.2, 0.25) is 11.1 Å². The van der Waals surface area contributed by atoms with Gasteiger partial charge in [0.1, 0.15) is 102 Å². The molecule has 5 aliphatic heterocycles. The largest absolute Gasteiger partial charge is 0.488 e. The number of anilines is 4. The van der Waals surface area contributed by atoms with Crippen molar-refractivity contribution < 1.29 is 67.3 Å². The molecule has 5 atom stereocenters. The number of carbonyl (C=O) groups is 7. The molecule has 5 unspecified atom stereocenters. The Morgan fingerprint density at radius 1 is 0.465 bits per heavy atom. The smallest absolute Gasteiger partial charge is 0.460 e. The number of nitrogens with two attached hydrogens (primary N) is 5. The normalized spacial score (nSPS) is 15.8. The van der Waals surface area contributed by atoms with Crippen LogP contribution in [0.5, 0.6) is 34.5 Å². The number of benzene rings is 6. The standard InChI is InChI=1S/C25H24N4O3.C22H22N4O2.C15H19ClN4O2.C12H11BO3.C10H13ClN4O.C10H19NO2.C6H2Cl2N2.C3H3ClO/c1-2-23(30)27-18-14-15-29(16-18)22-13-12-21(25(26)31)24(28-22)17-8-10-20(11-9-17)32-19-6-4-3-5-7-19;23-16-12-13-26(14-16)20-11-10-19(22(24)27)21(25-20)15-6-8-18(9-7-15)28-17-4-2-1-3-5-17;1-15(2,3)22-14(21)18-11-6-7-20(9-11)12-5-4-10(8-17)13(16)19-12;14-13(15)10-6-8-12(9-7-10)16-11-4-2-1-3-5-11;11-9-7(10(13)16)1-2-8(14-9)15-4-3-6(12)5-15;1-10(2,3)13-9(12)6-8-4-5-11-7-8;7-5-2-1-4(3-9)6(8)10-5;1-2-3(4)5/h2-13,18H,1,14-16H2,(H2,26,31)(H,27,30);1-11,16H,12-14,23H2,(H2,24,27);4-5,11H,6-7,9H2,1-3H3,(H,18,21);1-9,14-15H;1-2,6H,3-5,12H2,(H2,13,16);8,11H,4-7H2,1-3H3;1-2H;2H,1H2. The topological polar surface area (TPSA) is 497 Å². The maximum Gasteiger partial charge on any atom is 0.488 e. The number of halogens is 5. The third-order valence-electron chi connectivity index (χ3n) is 21.2. The second-order valence-corrected chi connectivity index (χ2v) is 36.4. The number of amides is 5. The lowest BCUT2D eigenvalue weighted by molar-refractivity contribution is -0.155. The van der Waals surface area contributed by atoms with Gasteiger partial charge in [-0.15, -0.1) is 0 Å². The first-order valence-corrected chi connectivity index (χ1v) is 47.0. The summed E-state index contributed by atoms with van der Waals surface area (Å²) in [7, 11) is -1.44. The highest BCUT2D eigenvalue weighted by Crippen LogP contribution is 2.34. The van der Waals surface area contributed by atoms with E-state index < -0.39 is 41.8 Å². The first kappa shape index (κ1) is 111. The highest BCUT2D eigenvalue weighted by molar-refractivity contribution is 6.66. The fraction of sp³-hybridized carbons (Fsp3) is 0.282. The Morgan fingerprint density at radius 3 is 1.18 bits per heavy atom. The zero-order chi connectivity index (χ0) is 103. The Morgan fingerprint density at radius 2 is 0.831 bits per heavy atom. The maximum atomic E-state index is 12.0. The molecule has 0 spiro atoms. The van der Waals surface area contributed by atoms with Gasteiger partial charge in [-0.1, -0.05) is 126 Å². The number of allylic oxidation sites excluding steroid dienone is 1. The van der Waals surface area contributed by atoms with Gasteiger partial charge in [0, 0.05) is 88.0 Å². The summed E-state index contributed by atoms with van der Waals surface area (Å²) in [5.41, 5.74) is 32.1. The minimum atomic E-state index is -1.44. The lowest BCUT2D eigenvalue weighted by Gasteiger charge is -2.22. The van der Waals surface area contributed by atoms with Crippen LogP contribution in [0.3, 0.4) is 0 Å². The van der Waals surface area contributed by atoms with Gasteiger partial charge < -0.3 is 98.0 Å². The SMILES string of the molecule is C=CC(=O)Cl.C=CC(=O)NC1CCN(c2ccc(C(N)=O)c(-c3ccc(Oc4ccccc4)cc3)n2)C1.CC(C)(C)OC(=O)CC1CCNC1.CC(C)(C)OC(=O)NC1CCN(c2ccc(C#N)c(Cl)n2)C1.N#Cc1ccc(Cl)nc1Cl.NC(=O)c1ccc(N2CCC(N)C2)nc1-c1ccc(Oc2ccccc2)cc1.NC(=O)c1ccc(N2CCC(N)C2)nc1Cl.OB(O)c1ccc(Oc2ccccc2)cc1. The lowest BCUT2D eigenvalue weighted by atomic mass is 9.80. The third-order valence-corrected chi connectivity index (χ3v) is 22.5. The molecule has 0 saturated carbocycles. The van der Waals surface area contributed by atoms with E-state index in [0.717, 1.165) is 136 Å². The van der Waals surface area contributed by atoms with E-state index in [2.05, 4.69) is 53.9 Å². The number of hydrogen-bond acceptors (Lipinski definition) is 28. The number of esters is 1. The summed E-state index contributed by atoms with van der Waals surface area (Å²) in [5.74, 6) is 5.89. The summed E-state index contributed by atoms with van der Waals surface area (Å²) in [4.78, 5) is 109. The van der Waals surface area contributed by atoms with Gasteiger partial charge in [0.15, 0.2) is 0 Å². The maximum absolute atomic E-state index is 12.0. The second kappa shape index (κ2) is 55.1. The van der Waals surface area contributed by atoms with Crippen molar-refractivity contribution in [3.63, 3.8) is 0 Å². The molecule has 39 heteroatoms. The number of nitrogens with one attached hydrogen (secondary N) is 3. The molecule has 5 saturated heterocycles. The molecular formula is C103H113BCl5N19O14. The third kappa shape index (κ3) is 37.1. The van der Waals surface area contributed by atoms with Crippen LogP contribution in [0.1, 0.15) is 122 Å². The molecule has 5 aliphatic rings. The van der Waals surface area contributed by atoms with Crippen molar-refractivity contribution >= 4 is 135 Å². The van der Waals surface area contributed by atoms with Crippen molar-refractivity contribution in [2.75, 3.05) is 85.0 Å². The fourth-order valence-corrected chi connectivity index (χ4v) is 15.2. The summed E-state index contributed by atoms with van der Waals surface area (Å²) >= 11 is 27.5. The van der Waals surface area contributed by atoms with Crippen LogP contribution in [-0.4, -0.2) is 184 Å². The molecule has 16 rings (SSSR count). The molecule has 142 heavy (non-hydrogen) atoms. The minimum absolute atomic E-state index is 0.00562. The molecule has 0 bridgehead atoms. The fourth-order valence-electron chi connectivity index (χ4n) is 14.4. The van der Waals surface area contributed by atoms with E-state index in [0.29, 0.717) is 92.8 Å². The molecule has 11 aromatic rings. The number of para-hydroxylation sites is 3. The van der Waals surface area contributed by atoms with Gasteiger partial charge in [-0.05, 0) is 280 Å². The molecule has 33 nitrogen and oxygen atoms in total. The Kier molecular flexibility index (Phi) is 43.2. The second-order valence-electron chi connectivity index (χ2n) is 34.5. The zero-order valence-corrected chi connectivity index (χ0v) is 83.0. The molecule has 0 radical (unpaired) electrons. The molecule has 6 aromatic carbocycles. The molecule has 0 aliphatic carbocycles. The average molecular weight is 2030 g/mol. The molecule has 5 amide bonds. The van der Waals surface area contributed by atoms with Crippen molar-refractivity contribution in [3.05, 3.63) is 298 Å². The average Bonchev–Trinajstić information content (AvgIpc) is 1.37. The monoisotopic (exact) mass is 2030 g/mol. The van der Waals surface area contributed by atoms with E-state index in [-0.39, 0.29) is 62.7 Å². The van der Waals surface area contributed by atoms with E-state index in [9.17, 15) is 33.6 Å². The Hall–Kier alpha value is -14.3. The van der Waals surface area contributed by atoms with E-state index >= 15 is 0 Å². The van der Waals surface area contributed by atoms with Gasteiger partial charge in [0.05, 0.1) is 45.2 Å². The van der Waals surface area contributed by atoms with Crippen LogP contribution in [0, 0.1) is 28.6 Å². The number of rotatable bonds is 22. The van der Waals surface area contributed by atoms with E-state index in [1.165, 1.54) is 18.2 Å². The quantitative estimate of drug-likeness (QED) is 0.00990. The number of nitriles is 2. The molecular weight excluding hydrogens is 1920 g/mol. The summed E-state index contributed by atoms with van der Waals surface area (Å²) in [6, 6.07) is 71.0. The van der Waals surface area contributed by atoms with Gasteiger partial charge in [-0.2, -0.15) is 10.5 Å². The zero-order valence-electron chi connectivity index (χ0n) is 79.2. The molecule has 742 valence electrons. The molecule has 10 heterocycles. The summed E-state index contributed by atoms with van der Waals surface area (Å²) in [6.45, 7) is 25.8. The number of aromatic nitrogens is 5. The van der Waals surface area contributed by atoms with Crippen LogP contribution in [-0.2, 0) is 23.9 Å². The highest BCUT2D eigenvalue weighted by Gasteiger charge is 2.31. The van der Waals surface area contributed by atoms with Crippen molar-refractivity contribution in [3.8, 4) is 69.2 Å². The van der Waals surface area contributed by atoms with Crippen molar-refractivity contribution in [1.82, 2.24) is 40.9 Å². The lowest BCUT2D eigenvalue weighted by Crippen LogP contribution is -2.40. The van der Waals surface area contributed by atoms with Crippen LogP contribution < -0.4 is 83.9 Å². The number of nitrogens with zero attached hydrogens (tertiary/aromatic N) is 11. The predicted molar refractivity (Wildman–Crippen MR) is 554 cm³/mol. The van der Waals surface area contributed by atoms with Crippen LogP contribution in [0.25, 0.3) is 22.5 Å². The van der Waals surface area contributed by atoms with Gasteiger partial charge >= 0.3 is 19.2 Å². The summed E-state index contributed by atoms with van der Waals surface area (Å²) in [5, 5.41) is 44.4. The van der Waals surface area contributed by atoms with E-state index in [1.807, 2.05) is 209 Å². The number of pyridine rings is 5. The van der Waals surface area contributed by atoms with E-state index in [1.54, 1.807) is 66.7 Å². The number of primary amides is 3. The first-order chi connectivity index (χ1) is 67.7. The van der Waals surface area contributed by atoms with Crippen molar-refractivity contribution in [2.24, 2.45) is 34.6 Å². The predicted octanol–water partition coefficient (Wildman–Crippen LogP) is 15.5. The Balaban J connectivity index is 0.000000189. The van der Waals surface area contributed by atoms with Gasteiger partial charge in [0.25, 0.3) is 17.7 Å². The Bertz CT molecular complexity index is 6170. The highest BCUT2D eigenvalue weighted by atomic mass is 35.5. The molecule has 5 fully saturated rings. The van der Waals surface area contributed by atoms with Crippen LogP contribution >= 0.6 is 58.0 Å². The minimum Gasteiger partial charge on any atom is -0.460 e. The van der Waals surface area contributed by atoms with Gasteiger partial charge in [-0.3, -0.25) is 28.8 Å². The van der Waals surface area contributed by atoms with Crippen molar-refractivity contribution in [1.29, 1.82) is 10.5 Å². The molecule has 15 N–H and O–H groups in total. The van der Waals surface area contributed by atoms with Crippen molar-refractivity contribution in [2.45, 2.75) is 115 Å². The molecule has 5 aromatic heterocycles. The number of alkyl carbamates (subject to hydrolysis) is 1. The van der Waals surface area contributed by atoms with Crippen LogP contribution in [0.15, 0.2) is 250 Å². The van der Waals surface area contributed by atoms with Crippen LogP contribution in [0.4, 0.5) is 28.1 Å². The number of ether oxygens (including phenoxy) is 5. The Labute approximate surface area is 850 Å². The summed E-state index contributed by atoms with van der Waals surface area (Å²) in [6.07, 6.45) is 7.04. The number of carbonyl (C=O) groups excluding carboxylic acids is 7. The van der Waals surface area contributed by atoms with Gasteiger partial charge in [-0.25, -0.2) is 29.7 Å². The summed E-state index contributed by atoms with van der Waals surface area (Å²) < 4.78 is 27.7. The number of hydrogen-bond donors (Lipinski definition) is 10.